The maximum absolute atomic E-state index is 4.70. The summed E-state index contributed by atoms with van der Waals surface area (Å²) in [5.74, 6) is 0.776. The van der Waals surface area contributed by atoms with E-state index in [9.17, 15) is 0 Å². The van der Waals surface area contributed by atoms with E-state index in [4.69, 9.17) is 4.98 Å². The smallest absolute Gasteiger partial charge is 0.188 e. The summed E-state index contributed by atoms with van der Waals surface area (Å²) >= 11 is 1.81. The number of fused-ring (bicyclic) bond motifs is 1. The Morgan fingerprint density at radius 2 is 2.22 bits per heavy atom. The van der Waals surface area contributed by atoms with Gasteiger partial charge in [-0.25, -0.2) is 4.98 Å². The number of thiazole rings is 1. The van der Waals surface area contributed by atoms with E-state index in [0.717, 1.165) is 23.2 Å². The van der Waals surface area contributed by atoms with Gasteiger partial charge in [-0.05, 0) is 50.2 Å². The average Bonchev–Trinajstić information content (AvgIpc) is 3.00. The van der Waals surface area contributed by atoms with Crippen LogP contribution in [0, 0.1) is 0 Å². The number of anilines is 1. The molecule has 0 bridgehead atoms. The molecule has 18 heavy (non-hydrogen) atoms. The van der Waals surface area contributed by atoms with Gasteiger partial charge in [0.15, 0.2) is 10.8 Å². The van der Waals surface area contributed by atoms with Crippen LogP contribution >= 0.6 is 11.3 Å². The number of pyridine rings is 1. The van der Waals surface area contributed by atoms with E-state index >= 15 is 0 Å². The molecule has 2 aromatic rings. The molecule has 0 spiro atoms. The van der Waals surface area contributed by atoms with Crippen molar-refractivity contribution in [2.24, 2.45) is 0 Å². The standard InChI is InChI=1S/C14H17N3S/c1-9-3-2-6-17(9)14-16-13-12(18-14)7-11(8-15-13)10-4-5-10/h7-10H,2-6H2,1H3/t9-/m0/s1. The third kappa shape index (κ3) is 1.70. The molecule has 0 radical (unpaired) electrons. The minimum Gasteiger partial charge on any atom is -0.345 e. The van der Waals surface area contributed by atoms with Crippen LogP contribution in [0.15, 0.2) is 12.3 Å². The van der Waals surface area contributed by atoms with Crippen molar-refractivity contribution in [3.63, 3.8) is 0 Å². The monoisotopic (exact) mass is 259 g/mol. The van der Waals surface area contributed by atoms with Gasteiger partial charge >= 0.3 is 0 Å². The molecule has 1 saturated carbocycles. The number of aromatic nitrogens is 2. The molecule has 1 aliphatic carbocycles. The van der Waals surface area contributed by atoms with Gasteiger partial charge in [0.05, 0.1) is 4.70 Å². The molecule has 2 aromatic heterocycles. The lowest BCUT2D eigenvalue weighted by molar-refractivity contribution is 0.733. The Morgan fingerprint density at radius 3 is 2.94 bits per heavy atom. The summed E-state index contributed by atoms with van der Waals surface area (Å²) in [6.07, 6.45) is 7.27. The highest BCUT2D eigenvalue weighted by Gasteiger charge is 2.26. The number of nitrogens with zero attached hydrogens (tertiary/aromatic N) is 3. The van der Waals surface area contributed by atoms with Crippen molar-refractivity contribution in [2.75, 3.05) is 11.4 Å². The van der Waals surface area contributed by atoms with Crippen molar-refractivity contribution in [3.05, 3.63) is 17.8 Å². The first-order valence-electron chi connectivity index (χ1n) is 6.84. The van der Waals surface area contributed by atoms with E-state index in [1.165, 1.54) is 35.9 Å². The quantitative estimate of drug-likeness (QED) is 0.825. The van der Waals surface area contributed by atoms with Gasteiger partial charge in [0.25, 0.3) is 0 Å². The Morgan fingerprint density at radius 1 is 1.33 bits per heavy atom. The van der Waals surface area contributed by atoms with Crippen molar-refractivity contribution in [1.82, 2.24) is 9.97 Å². The Balaban J connectivity index is 1.74. The molecule has 1 saturated heterocycles. The lowest BCUT2D eigenvalue weighted by atomic mass is 10.2. The first-order valence-corrected chi connectivity index (χ1v) is 7.66. The zero-order valence-corrected chi connectivity index (χ0v) is 11.4. The van der Waals surface area contributed by atoms with Crippen LogP contribution in [-0.2, 0) is 0 Å². The molecule has 3 heterocycles. The zero-order chi connectivity index (χ0) is 12.1. The second kappa shape index (κ2) is 3.92. The van der Waals surface area contributed by atoms with E-state index in [1.807, 2.05) is 17.5 Å². The fraction of sp³-hybridized carbons (Fsp3) is 0.571. The lowest BCUT2D eigenvalue weighted by Gasteiger charge is -2.19. The molecule has 0 aromatic carbocycles. The van der Waals surface area contributed by atoms with Crippen molar-refractivity contribution in [1.29, 1.82) is 0 Å². The maximum Gasteiger partial charge on any atom is 0.188 e. The predicted molar refractivity (Wildman–Crippen MR) is 75.4 cm³/mol. The minimum atomic E-state index is 0.633. The SMILES string of the molecule is C[C@H]1CCCN1c1nc2ncc(C3CC3)cc2s1. The van der Waals surface area contributed by atoms with E-state index in [2.05, 4.69) is 22.9 Å². The summed E-state index contributed by atoms with van der Waals surface area (Å²) in [7, 11) is 0. The first kappa shape index (κ1) is 10.7. The molecule has 3 nitrogen and oxygen atoms in total. The lowest BCUT2D eigenvalue weighted by Crippen LogP contribution is -2.25. The molecule has 94 valence electrons. The van der Waals surface area contributed by atoms with Gasteiger partial charge in [-0.2, -0.15) is 4.98 Å². The number of rotatable bonds is 2. The Labute approximate surface area is 111 Å². The molecule has 4 heteroatoms. The Kier molecular flexibility index (Phi) is 2.34. The van der Waals surface area contributed by atoms with E-state index in [0.29, 0.717) is 6.04 Å². The van der Waals surface area contributed by atoms with E-state index in [1.54, 1.807) is 0 Å². The molecule has 4 rings (SSSR count). The van der Waals surface area contributed by atoms with Crippen molar-refractivity contribution >= 4 is 26.8 Å². The van der Waals surface area contributed by atoms with Crippen LogP contribution in [-0.4, -0.2) is 22.6 Å². The topological polar surface area (TPSA) is 29.0 Å². The second-order valence-corrected chi connectivity index (χ2v) is 6.55. The van der Waals surface area contributed by atoms with Crippen LogP contribution in [0.4, 0.5) is 5.13 Å². The van der Waals surface area contributed by atoms with Gasteiger partial charge in [0, 0.05) is 18.8 Å². The van der Waals surface area contributed by atoms with Crippen LogP contribution in [0.25, 0.3) is 10.3 Å². The number of hydrogen-bond acceptors (Lipinski definition) is 4. The van der Waals surface area contributed by atoms with Crippen LogP contribution in [0.3, 0.4) is 0 Å². The molecule has 0 amide bonds. The third-order valence-electron chi connectivity index (χ3n) is 4.10. The van der Waals surface area contributed by atoms with E-state index < -0.39 is 0 Å². The summed E-state index contributed by atoms with van der Waals surface area (Å²) in [4.78, 5) is 11.7. The molecule has 2 aliphatic rings. The maximum atomic E-state index is 4.70. The molecule has 2 fully saturated rings. The summed E-state index contributed by atoms with van der Waals surface area (Å²) in [6, 6.07) is 2.94. The van der Waals surface area contributed by atoms with Gasteiger partial charge in [-0.1, -0.05) is 11.3 Å². The highest BCUT2D eigenvalue weighted by atomic mass is 32.1. The normalized spacial score (nSPS) is 24.1. The van der Waals surface area contributed by atoms with Gasteiger partial charge < -0.3 is 4.90 Å². The molecule has 1 atom stereocenters. The Bertz CT molecular complexity index is 588. The first-order chi connectivity index (χ1) is 8.81. The van der Waals surface area contributed by atoms with Gasteiger partial charge in [-0.3, -0.25) is 0 Å². The van der Waals surface area contributed by atoms with E-state index in [-0.39, 0.29) is 0 Å². The average molecular weight is 259 g/mol. The van der Waals surface area contributed by atoms with Crippen molar-refractivity contribution < 1.29 is 0 Å². The highest BCUT2D eigenvalue weighted by Crippen LogP contribution is 2.41. The minimum absolute atomic E-state index is 0.633. The van der Waals surface area contributed by atoms with Crippen LogP contribution in [0.2, 0.25) is 0 Å². The summed E-state index contributed by atoms with van der Waals surface area (Å²) in [5, 5.41) is 1.16. The fourth-order valence-corrected chi connectivity index (χ4v) is 3.91. The molecular weight excluding hydrogens is 242 g/mol. The predicted octanol–water partition coefficient (Wildman–Crippen LogP) is 3.56. The molecule has 0 unspecified atom stereocenters. The van der Waals surface area contributed by atoms with Gasteiger partial charge in [0.2, 0.25) is 0 Å². The summed E-state index contributed by atoms with van der Waals surface area (Å²) < 4.78 is 1.26. The van der Waals surface area contributed by atoms with Crippen molar-refractivity contribution in [2.45, 2.75) is 44.6 Å². The largest absolute Gasteiger partial charge is 0.345 e. The van der Waals surface area contributed by atoms with Crippen LogP contribution < -0.4 is 4.90 Å². The Hall–Kier alpha value is -1.16. The van der Waals surface area contributed by atoms with Crippen molar-refractivity contribution in [3.8, 4) is 0 Å². The van der Waals surface area contributed by atoms with Crippen LogP contribution in [0.5, 0.6) is 0 Å². The summed E-state index contributed by atoms with van der Waals surface area (Å²) in [5.41, 5.74) is 2.34. The zero-order valence-electron chi connectivity index (χ0n) is 10.6. The number of hydrogen-bond donors (Lipinski definition) is 0. The molecule has 0 N–H and O–H groups in total. The highest BCUT2D eigenvalue weighted by molar-refractivity contribution is 7.22. The van der Waals surface area contributed by atoms with Gasteiger partial charge in [-0.15, -0.1) is 0 Å². The fourth-order valence-electron chi connectivity index (χ4n) is 2.80. The van der Waals surface area contributed by atoms with Crippen LogP contribution in [0.1, 0.15) is 44.1 Å². The second-order valence-electron chi connectivity index (χ2n) is 5.55. The molecular formula is C14H17N3S. The summed E-state index contributed by atoms with van der Waals surface area (Å²) in [6.45, 7) is 3.44. The van der Waals surface area contributed by atoms with Gasteiger partial charge in [0.1, 0.15) is 0 Å². The molecule has 1 aliphatic heterocycles. The third-order valence-corrected chi connectivity index (χ3v) is 5.13.